The lowest BCUT2D eigenvalue weighted by atomic mass is 9.39. The molecule has 3 nitrogen and oxygen atoms in total. The third kappa shape index (κ3) is 2.69. The lowest BCUT2D eigenvalue weighted by Crippen LogP contribution is -2.63. The van der Waals surface area contributed by atoms with Gasteiger partial charge in [0.05, 0.1) is 5.41 Å². The predicted molar refractivity (Wildman–Crippen MR) is 115 cm³/mol. The standard InChI is InChI=1S/C26H36N2O/c27-16-18-6-8-22(9-7-18)28-23(29)25-14-20-12-24(17-25,19-4-2-1-3-5-19)13-21(15-25)26(20)10-11-26/h1-5,18,20-22H,6-17,27H2,(H,28,29). The van der Waals surface area contributed by atoms with E-state index < -0.39 is 0 Å². The van der Waals surface area contributed by atoms with Crippen molar-refractivity contribution >= 4 is 5.91 Å². The molecule has 1 spiro atoms. The molecule has 1 aromatic carbocycles. The number of hydrogen-bond donors (Lipinski definition) is 2. The number of benzene rings is 1. The Morgan fingerprint density at radius 3 is 2.21 bits per heavy atom. The molecule has 1 amide bonds. The summed E-state index contributed by atoms with van der Waals surface area (Å²) in [4.78, 5) is 13.8. The Hall–Kier alpha value is -1.35. The first-order valence-corrected chi connectivity index (χ1v) is 12.1. The molecular weight excluding hydrogens is 356 g/mol. The number of nitrogens with two attached hydrogens (primary N) is 1. The van der Waals surface area contributed by atoms with Crippen LogP contribution in [0.1, 0.15) is 76.2 Å². The number of nitrogens with one attached hydrogen (secondary N) is 1. The molecule has 4 bridgehead atoms. The van der Waals surface area contributed by atoms with Crippen LogP contribution in [-0.4, -0.2) is 18.5 Å². The summed E-state index contributed by atoms with van der Waals surface area (Å²) in [6.45, 7) is 0.801. The van der Waals surface area contributed by atoms with Gasteiger partial charge in [-0.2, -0.15) is 0 Å². The van der Waals surface area contributed by atoms with Crippen molar-refractivity contribution in [2.45, 2.75) is 82.1 Å². The Balaban J connectivity index is 1.27. The van der Waals surface area contributed by atoms with Crippen LogP contribution in [0.2, 0.25) is 0 Å². The summed E-state index contributed by atoms with van der Waals surface area (Å²) in [5.41, 5.74) is 8.12. The Labute approximate surface area is 175 Å². The molecule has 2 atom stereocenters. The molecule has 156 valence electrons. The molecule has 29 heavy (non-hydrogen) atoms. The first kappa shape index (κ1) is 18.4. The summed E-state index contributed by atoms with van der Waals surface area (Å²) in [7, 11) is 0. The van der Waals surface area contributed by atoms with Gasteiger partial charge in [-0.25, -0.2) is 0 Å². The van der Waals surface area contributed by atoms with Crippen molar-refractivity contribution in [3.8, 4) is 0 Å². The number of hydrogen-bond acceptors (Lipinski definition) is 2. The molecule has 6 aliphatic carbocycles. The first-order valence-electron chi connectivity index (χ1n) is 12.1. The fraction of sp³-hybridized carbons (Fsp3) is 0.731. The van der Waals surface area contributed by atoms with Crippen LogP contribution >= 0.6 is 0 Å². The van der Waals surface area contributed by atoms with Crippen LogP contribution in [0.3, 0.4) is 0 Å². The first-order chi connectivity index (χ1) is 14.1. The van der Waals surface area contributed by atoms with E-state index in [2.05, 4.69) is 35.6 Å². The highest BCUT2D eigenvalue weighted by atomic mass is 16.2. The molecule has 0 aliphatic heterocycles. The van der Waals surface area contributed by atoms with Gasteiger partial charge in [0.15, 0.2) is 0 Å². The summed E-state index contributed by atoms with van der Waals surface area (Å²) >= 11 is 0. The van der Waals surface area contributed by atoms with Gasteiger partial charge in [0.1, 0.15) is 0 Å². The summed E-state index contributed by atoms with van der Waals surface area (Å²) in [5.74, 6) is 2.60. The second-order valence-electron chi connectivity index (χ2n) is 11.5. The van der Waals surface area contributed by atoms with Crippen LogP contribution in [0.25, 0.3) is 0 Å². The molecule has 0 aromatic heterocycles. The second kappa shape index (κ2) is 6.33. The number of carbonyl (C=O) groups excluding carboxylic acids is 1. The molecule has 7 rings (SSSR count). The summed E-state index contributed by atoms with van der Waals surface area (Å²) < 4.78 is 0. The lowest BCUT2D eigenvalue weighted by Gasteiger charge is -2.65. The summed E-state index contributed by atoms with van der Waals surface area (Å²) in [5, 5.41) is 3.56. The number of amides is 1. The Morgan fingerprint density at radius 1 is 0.966 bits per heavy atom. The van der Waals surface area contributed by atoms with Crippen LogP contribution in [0, 0.1) is 28.6 Å². The number of rotatable bonds is 4. The fourth-order valence-electron chi connectivity index (χ4n) is 8.52. The lowest BCUT2D eigenvalue weighted by molar-refractivity contribution is -0.162. The zero-order valence-corrected chi connectivity index (χ0v) is 17.7. The second-order valence-corrected chi connectivity index (χ2v) is 11.5. The maximum atomic E-state index is 13.8. The normalized spacial score (nSPS) is 44.0. The van der Waals surface area contributed by atoms with Gasteiger partial charge in [-0.1, -0.05) is 30.3 Å². The van der Waals surface area contributed by atoms with Gasteiger partial charge in [0.25, 0.3) is 0 Å². The van der Waals surface area contributed by atoms with Gasteiger partial charge in [0.2, 0.25) is 5.91 Å². The molecule has 1 aromatic rings. The van der Waals surface area contributed by atoms with E-state index in [1.165, 1.54) is 44.1 Å². The van der Waals surface area contributed by atoms with E-state index in [-0.39, 0.29) is 10.8 Å². The van der Waals surface area contributed by atoms with Gasteiger partial charge < -0.3 is 11.1 Å². The van der Waals surface area contributed by atoms with Crippen molar-refractivity contribution in [2.75, 3.05) is 6.54 Å². The largest absolute Gasteiger partial charge is 0.353 e. The SMILES string of the molecule is NCC1CCC(NC(=O)C23CC4CC(c5ccccc5)(CC(C2)C42CC2)C3)CC1. The molecule has 3 N–H and O–H groups in total. The van der Waals surface area contributed by atoms with Crippen LogP contribution in [0.5, 0.6) is 0 Å². The van der Waals surface area contributed by atoms with Crippen molar-refractivity contribution < 1.29 is 4.79 Å². The van der Waals surface area contributed by atoms with Gasteiger partial charge in [-0.15, -0.1) is 0 Å². The molecule has 0 radical (unpaired) electrons. The Bertz CT molecular complexity index is 772. The highest BCUT2D eigenvalue weighted by Crippen LogP contribution is 2.77. The van der Waals surface area contributed by atoms with Gasteiger partial charge in [-0.05, 0) is 111 Å². The third-order valence-electron chi connectivity index (χ3n) is 10.1. The van der Waals surface area contributed by atoms with Crippen molar-refractivity contribution in [1.82, 2.24) is 5.32 Å². The monoisotopic (exact) mass is 392 g/mol. The minimum Gasteiger partial charge on any atom is -0.353 e. The maximum absolute atomic E-state index is 13.8. The maximum Gasteiger partial charge on any atom is 0.226 e. The van der Waals surface area contributed by atoms with Crippen LogP contribution < -0.4 is 11.1 Å². The Kier molecular flexibility index (Phi) is 4.02. The van der Waals surface area contributed by atoms with Gasteiger partial charge >= 0.3 is 0 Å². The minimum atomic E-state index is -0.111. The predicted octanol–water partition coefficient (Wildman–Crippen LogP) is 4.55. The topological polar surface area (TPSA) is 55.1 Å². The smallest absolute Gasteiger partial charge is 0.226 e. The van der Waals surface area contributed by atoms with Crippen molar-refractivity contribution in [3.05, 3.63) is 35.9 Å². The molecule has 3 heteroatoms. The van der Waals surface area contributed by atoms with Crippen molar-refractivity contribution in [2.24, 2.45) is 34.3 Å². The molecule has 2 unspecified atom stereocenters. The van der Waals surface area contributed by atoms with Crippen LogP contribution in [0.4, 0.5) is 0 Å². The van der Waals surface area contributed by atoms with Gasteiger partial charge in [-0.3, -0.25) is 4.79 Å². The quantitative estimate of drug-likeness (QED) is 0.790. The highest BCUT2D eigenvalue weighted by Gasteiger charge is 2.71. The molecule has 6 fully saturated rings. The van der Waals surface area contributed by atoms with Crippen LogP contribution in [0.15, 0.2) is 30.3 Å². The van der Waals surface area contributed by atoms with E-state index in [1.807, 2.05) is 0 Å². The average molecular weight is 393 g/mol. The van der Waals surface area contributed by atoms with E-state index in [4.69, 9.17) is 5.73 Å². The molecule has 0 heterocycles. The molecular formula is C26H36N2O. The third-order valence-corrected chi connectivity index (χ3v) is 10.1. The fourth-order valence-corrected chi connectivity index (χ4v) is 8.52. The highest BCUT2D eigenvalue weighted by molar-refractivity contribution is 5.84. The summed E-state index contributed by atoms with van der Waals surface area (Å²) in [6.07, 6.45) is 13.5. The Morgan fingerprint density at radius 2 is 1.62 bits per heavy atom. The van der Waals surface area contributed by atoms with E-state index in [0.717, 1.165) is 50.5 Å². The van der Waals surface area contributed by atoms with E-state index in [0.29, 0.717) is 23.3 Å². The molecule has 6 aliphatic rings. The van der Waals surface area contributed by atoms with E-state index in [1.54, 1.807) is 0 Å². The molecule has 0 saturated heterocycles. The number of carbonyl (C=O) groups is 1. The van der Waals surface area contributed by atoms with Crippen molar-refractivity contribution in [3.63, 3.8) is 0 Å². The summed E-state index contributed by atoms with van der Waals surface area (Å²) in [6, 6.07) is 11.6. The van der Waals surface area contributed by atoms with Gasteiger partial charge in [0, 0.05) is 6.04 Å². The van der Waals surface area contributed by atoms with Crippen molar-refractivity contribution in [1.29, 1.82) is 0 Å². The molecule has 6 saturated carbocycles. The minimum absolute atomic E-state index is 0.111. The van der Waals surface area contributed by atoms with E-state index in [9.17, 15) is 4.79 Å². The van der Waals surface area contributed by atoms with E-state index >= 15 is 0 Å². The average Bonchev–Trinajstić information content (AvgIpc) is 3.55. The van der Waals surface area contributed by atoms with Crippen LogP contribution in [-0.2, 0) is 10.2 Å². The zero-order chi connectivity index (χ0) is 19.7. The zero-order valence-electron chi connectivity index (χ0n) is 17.7.